The molecule has 20 heavy (non-hydrogen) atoms. The Labute approximate surface area is 120 Å². The number of ether oxygens (including phenoxy) is 1. The predicted molar refractivity (Wildman–Crippen MR) is 75.9 cm³/mol. The van der Waals surface area contributed by atoms with Crippen LogP contribution in [0.25, 0.3) is 10.6 Å². The molecule has 0 spiro atoms. The van der Waals surface area contributed by atoms with E-state index < -0.39 is 5.97 Å². The Morgan fingerprint density at radius 3 is 2.50 bits per heavy atom. The number of carbonyl (C=O) groups is 1. The molecule has 1 heterocycles. The first kappa shape index (κ1) is 12.5. The summed E-state index contributed by atoms with van der Waals surface area (Å²) in [5.41, 5.74) is 2.26. The minimum absolute atomic E-state index is 0.324. The van der Waals surface area contributed by atoms with Crippen molar-refractivity contribution in [3.05, 3.63) is 65.2 Å². The Morgan fingerprint density at radius 2 is 1.80 bits per heavy atom. The molecule has 1 aliphatic rings. The fourth-order valence-corrected chi connectivity index (χ4v) is 2.37. The van der Waals surface area contributed by atoms with Gasteiger partial charge in [-0.05, 0) is 23.8 Å². The summed E-state index contributed by atoms with van der Waals surface area (Å²) in [4.78, 5) is 12.0. The average Bonchev–Trinajstić information content (AvgIpc) is 2.82. The average molecular weight is 282 g/mol. The monoisotopic (exact) mass is 281 g/mol. The van der Waals surface area contributed by atoms with Crippen molar-refractivity contribution in [1.82, 2.24) is 0 Å². The lowest BCUT2D eigenvalue weighted by Gasteiger charge is -2.03. The van der Waals surface area contributed by atoms with Crippen LogP contribution < -0.4 is 4.74 Å². The number of carbonyl (C=O) groups excluding carboxylic acids is 1. The zero-order valence-corrected chi connectivity index (χ0v) is 11.0. The summed E-state index contributed by atoms with van der Waals surface area (Å²) in [5, 5.41) is 9.11. The van der Waals surface area contributed by atoms with E-state index in [4.69, 9.17) is 21.6 Å². The van der Waals surface area contributed by atoms with Gasteiger partial charge in [0.15, 0.2) is 0 Å². The van der Waals surface area contributed by atoms with E-state index in [1.807, 2.05) is 12.1 Å². The Morgan fingerprint density at radius 1 is 1.10 bits per heavy atom. The highest BCUT2D eigenvalue weighted by Crippen LogP contribution is 2.39. The molecule has 2 aromatic carbocycles. The van der Waals surface area contributed by atoms with Crippen molar-refractivity contribution in [1.29, 1.82) is 5.26 Å². The highest BCUT2D eigenvalue weighted by atomic mass is 35.5. The molecule has 1 aliphatic heterocycles. The first-order valence-corrected chi connectivity index (χ1v) is 6.30. The van der Waals surface area contributed by atoms with Gasteiger partial charge in [-0.15, -0.1) is 0 Å². The van der Waals surface area contributed by atoms with Crippen molar-refractivity contribution in [2.75, 3.05) is 0 Å². The number of fused-ring (bicyclic) bond motifs is 1. The quantitative estimate of drug-likeness (QED) is 0.456. The molecule has 0 aromatic heterocycles. The molecular weight excluding hydrogens is 274 g/mol. The largest absolute Gasteiger partial charge is 0.422 e. The van der Waals surface area contributed by atoms with E-state index in [2.05, 4.69) is 0 Å². The molecule has 0 fully saturated rings. The number of para-hydroxylation sites is 1. The lowest BCUT2D eigenvalue weighted by molar-refractivity contribution is -0.126. The zero-order valence-electron chi connectivity index (χ0n) is 10.3. The van der Waals surface area contributed by atoms with Crippen LogP contribution in [0.2, 0.25) is 0 Å². The molecule has 0 aliphatic carbocycles. The number of rotatable bonds is 1. The topological polar surface area (TPSA) is 50.1 Å². The fourth-order valence-electron chi connectivity index (χ4n) is 2.07. The third kappa shape index (κ3) is 1.97. The van der Waals surface area contributed by atoms with Crippen LogP contribution in [0.5, 0.6) is 5.75 Å². The Balaban J connectivity index is 2.14. The summed E-state index contributed by atoms with van der Waals surface area (Å²) in [6.45, 7) is 0. The van der Waals surface area contributed by atoms with Gasteiger partial charge in [0.2, 0.25) is 0 Å². The van der Waals surface area contributed by atoms with Crippen molar-refractivity contribution in [3.63, 3.8) is 0 Å². The summed E-state index contributed by atoms with van der Waals surface area (Å²) in [5.74, 6) is 0.0554. The van der Waals surface area contributed by atoms with Crippen molar-refractivity contribution < 1.29 is 9.53 Å². The number of nitriles is 1. The maximum Gasteiger partial charge on any atom is 0.345 e. The molecular formula is C16H8ClNO2. The summed E-state index contributed by atoms with van der Waals surface area (Å²) < 4.78 is 5.17. The molecule has 4 heteroatoms. The number of esters is 1. The fraction of sp³-hybridized carbons (Fsp3) is 0. The molecule has 0 saturated carbocycles. The second-order valence-corrected chi connectivity index (χ2v) is 4.64. The lowest BCUT2D eigenvalue weighted by Crippen LogP contribution is -2.01. The van der Waals surface area contributed by atoms with Crippen LogP contribution in [0.3, 0.4) is 0 Å². The van der Waals surface area contributed by atoms with Crippen LogP contribution in [0, 0.1) is 11.3 Å². The number of hydrogen-bond donors (Lipinski definition) is 0. The molecule has 0 radical (unpaired) electrons. The maximum atomic E-state index is 12.0. The molecule has 2 aromatic rings. The summed E-state index contributed by atoms with van der Waals surface area (Å²) in [6, 6.07) is 15.9. The summed E-state index contributed by atoms with van der Waals surface area (Å²) >= 11 is 6.33. The molecule has 0 unspecified atom stereocenters. The van der Waals surface area contributed by atoms with Crippen LogP contribution in [0.15, 0.2) is 48.5 Å². The third-order valence-electron chi connectivity index (χ3n) is 3.05. The van der Waals surface area contributed by atoms with Crippen LogP contribution in [-0.4, -0.2) is 5.97 Å². The van der Waals surface area contributed by atoms with Crippen LogP contribution in [0.1, 0.15) is 16.7 Å². The predicted octanol–water partition coefficient (Wildman–Crippen LogP) is 3.58. The van der Waals surface area contributed by atoms with E-state index in [-0.39, 0.29) is 0 Å². The highest BCUT2D eigenvalue weighted by Gasteiger charge is 2.29. The summed E-state index contributed by atoms with van der Waals surface area (Å²) in [6.07, 6.45) is 0. The SMILES string of the molecule is N#Cc1ccc(C(Cl)=C2C(=O)Oc3ccccc32)cc1. The standard InChI is InChI=1S/C16H8ClNO2/c17-15(11-7-5-10(9-18)6-8-11)14-12-3-1-2-4-13(12)20-16(14)19/h1-8H. The molecule has 0 amide bonds. The number of halogens is 1. The van der Waals surface area contributed by atoms with Gasteiger partial charge in [0.1, 0.15) is 5.75 Å². The van der Waals surface area contributed by atoms with E-state index in [0.29, 0.717) is 33.0 Å². The Bertz CT molecular complexity index is 770. The molecule has 0 N–H and O–H groups in total. The second-order valence-electron chi connectivity index (χ2n) is 4.26. The summed E-state index contributed by atoms with van der Waals surface area (Å²) in [7, 11) is 0. The van der Waals surface area contributed by atoms with Gasteiger partial charge in [-0.25, -0.2) is 4.79 Å². The highest BCUT2D eigenvalue weighted by molar-refractivity contribution is 6.57. The van der Waals surface area contributed by atoms with Crippen LogP contribution in [0.4, 0.5) is 0 Å². The minimum atomic E-state index is -0.458. The zero-order chi connectivity index (χ0) is 14.1. The molecule has 0 bridgehead atoms. The van der Waals surface area contributed by atoms with Crippen molar-refractivity contribution in [2.24, 2.45) is 0 Å². The Hall–Kier alpha value is -2.57. The normalized spacial score (nSPS) is 15.3. The Kier molecular flexibility index (Phi) is 3.02. The van der Waals surface area contributed by atoms with Gasteiger partial charge < -0.3 is 4.74 Å². The van der Waals surface area contributed by atoms with Gasteiger partial charge >= 0.3 is 5.97 Å². The number of benzene rings is 2. The van der Waals surface area contributed by atoms with Crippen molar-refractivity contribution in [2.45, 2.75) is 0 Å². The molecule has 3 nitrogen and oxygen atoms in total. The maximum absolute atomic E-state index is 12.0. The van der Waals surface area contributed by atoms with Crippen molar-refractivity contribution >= 4 is 28.2 Å². The van der Waals surface area contributed by atoms with Gasteiger partial charge in [0, 0.05) is 5.56 Å². The van der Waals surface area contributed by atoms with Crippen LogP contribution >= 0.6 is 11.6 Å². The molecule has 96 valence electrons. The smallest absolute Gasteiger partial charge is 0.345 e. The van der Waals surface area contributed by atoms with E-state index in [0.717, 1.165) is 0 Å². The van der Waals surface area contributed by atoms with E-state index in [1.165, 1.54) is 0 Å². The van der Waals surface area contributed by atoms with Gasteiger partial charge in [0.25, 0.3) is 0 Å². The van der Waals surface area contributed by atoms with Gasteiger partial charge in [-0.2, -0.15) is 5.26 Å². The second kappa shape index (κ2) is 4.84. The first-order valence-electron chi connectivity index (χ1n) is 5.92. The van der Waals surface area contributed by atoms with Crippen LogP contribution in [-0.2, 0) is 4.79 Å². The molecule has 0 saturated heterocycles. The van der Waals surface area contributed by atoms with E-state index >= 15 is 0 Å². The van der Waals surface area contributed by atoms with Gasteiger partial charge in [-0.3, -0.25) is 0 Å². The third-order valence-corrected chi connectivity index (χ3v) is 3.46. The minimum Gasteiger partial charge on any atom is -0.422 e. The number of hydrogen-bond acceptors (Lipinski definition) is 3. The first-order chi connectivity index (χ1) is 9.70. The molecule has 0 atom stereocenters. The molecule has 3 rings (SSSR count). The van der Waals surface area contributed by atoms with E-state index in [1.54, 1.807) is 42.5 Å². The van der Waals surface area contributed by atoms with Crippen molar-refractivity contribution in [3.8, 4) is 11.8 Å². The van der Waals surface area contributed by atoms with Gasteiger partial charge in [0.05, 0.1) is 22.2 Å². The van der Waals surface area contributed by atoms with Gasteiger partial charge in [-0.1, -0.05) is 41.9 Å². The lowest BCUT2D eigenvalue weighted by atomic mass is 10.0. The van der Waals surface area contributed by atoms with E-state index in [9.17, 15) is 4.79 Å². The number of nitrogens with zero attached hydrogens (tertiary/aromatic N) is 1.